The van der Waals surface area contributed by atoms with Gasteiger partial charge in [-0.05, 0) is 6.42 Å². The smallest absolute Gasteiger partial charge is 0.157 e. The number of hydrogen-bond donors (Lipinski definition) is 0. The van der Waals surface area contributed by atoms with Crippen molar-refractivity contribution in [3.63, 3.8) is 0 Å². The van der Waals surface area contributed by atoms with Gasteiger partial charge in [0.05, 0.1) is 6.61 Å². The van der Waals surface area contributed by atoms with Gasteiger partial charge in [0.1, 0.15) is 0 Å². The molecule has 1 rings (SSSR count). The summed E-state index contributed by atoms with van der Waals surface area (Å²) in [6.07, 6.45) is 3.05. The number of methoxy groups -OCH3 is 1. The molecule has 0 aromatic rings. The molecule has 2 heteroatoms. The van der Waals surface area contributed by atoms with Crippen LogP contribution in [0.1, 0.15) is 6.42 Å². The van der Waals surface area contributed by atoms with Crippen molar-refractivity contribution in [1.29, 1.82) is 0 Å². The van der Waals surface area contributed by atoms with Crippen LogP contribution in [0, 0.1) is 6.42 Å². The van der Waals surface area contributed by atoms with Crippen LogP contribution in [0.25, 0.3) is 0 Å². The van der Waals surface area contributed by atoms with Crippen molar-refractivity contribution in [2.45, 2.75) is 12.7 Å². The van der Waals surface area contributed by atoms with E-state index in [0.717, 1.165) is 13.0 Å². The third kappa shape index (κ3) is 1.14. The topological polar surface area (TPSA) is 18.5 Å². The van der Waals surface area contributed by atoms with E-state index >= 15 is 0 Å². The van der Waals surface area contributed by atoms with Crippen molar-refractivity contribution in [1.82, 2.24) is 0 Å². The molecule has 2 nitrogen and oxygen atoms in total. The van der Waals surface area contributed by atoms with E-state index in [9.17, 15) is 0 Å². The van der Waals surface area contributed by atoms with Crippen LogP contribution in [-0.2, 0) is 9.47 Å². The van der Waals surface area contributed by atoms with Gasteiger partial charge in [0, 0.05) is 13.5 Å². The van der Waals surface area contributed by atoms with Gasteiger partial charge in [-0.25, -0.2) is 0 Å². The molecule has 0 amide bonds. The van der Waals surface area contributed by atoms with Gasteiger partial charge in [-0.1, -0.05) is 0 Å². The Labute approximate surface area is 43.4 Å². The molecule has 41 valence electrons. The highest BCUT2D eigenvalue weighted by atomic mass is 16.7. The van der Waals surface area contributed by atoms with E-state index in [0.29, 0.717) is 0 Å². The Morgan fingerprint density at radius 1 is 1.86 bits per heavy atom. The highest BCUT2D eigenvalue weighted by Crippen LogP contribution is 2.09. The zero-order valence-electron chi connectivity index (χ0n) is 4.39. The van der Waals surface area contributed by atoms with Crippen molar-refractivity contribution in [3.8, 4) is 0 Å². The van der Waals surface area contributed by atoms with Crippen LogP contribution in [0.3, 0.4) is 0 Å². The first-order valence-corrected chi connectivity index (χ1v) is 2.39. The molecule has 0 aliphatic carbocycles. The van der Waals surface area contributed by atoms with Gasteiger partial charge in [0.2, 0.25) is 0 Å². The first kappa shape index (κ1) is 5.06. The van der Waals surface area contributed by atoms with Gasteiger partial charge in [-0.2, -0.15) is 0 Å². The number of rotatable bonds is 1. The molecule has 0 saturated carbocycles. The Hall–Kier alpha value is -0.0800. The third-order valence-corrected chi connectivity index (χ3v) is 1.02. The van der Waals surface area contributed by atoms with Gasteiger partial charge >= 0.3 is 0 Å². The lowest BCUT2D eigenvalue weighted by atomic mass is 10.4. The molecule has 7 heavy (non-hydrogen) atoms. The molecule has 0 N–H and O–H groups in total. The normalized spacial score (nSPS) is 31.3. The minimum Gasteiger partial charge on any atom is -0.356 e. The molecular formula is C5H9O2. The highest BCUT2D eigenvalue weighted by Gasteiger charge is 2.12. The van der Waals surface area contributed by atoms with E-state index in [-0.39, 0.29) is 6.29 Å². The van der Waals surface area contributed by atoms with Crippen molar-refractivity contribution < 1.29 is 9.47 Å². The van der Waals surface area contributed by atoms with Crippen LogP contribution in [0.15, 0.2) is 0 Å². The summed E-state index contributed by atoms with van der Waals surface area (Å²) in [5.74, 6) is 0. The molecule has 1 radical (unpaired) electrons. The number of ether oxygens (including phenoxy) is 2. The van der Waals surface area contributed by atoms with E-state index < -0.39 is 0 Å². The Morgan fingerprint density at radius 3 is 3.00 bits per heavy atom. The third-order valence-electron chi connectivity index (χ3n) is 1.02. The SMILES string of the molecule is COC1C[CH]CO1. The second-order valence-corrected chi connectivity index (χ2v) is 1.52. The van der Waals surface area contributed by atoms with E-state index in [1.165, 1.54) is 0 Å². The minimum atomic E-state index is 0.0417. The largest absolute Gasteiger partial charge is 0.356 e. The molecule has 1 saturated heterocycles. The maximum Gasteiger partial charge on any atom is 0.157 e. The second kappa shape index (κ2) is 2.28. The molecule has 0 spiro atoms. The lowest BCUT2D eigenvalue weighted by Gasteiger charge is -2.03. The van der Waals surface area contributed by atoms with Gasteiger partial charge in [-0.3, -0.25) is 0 Å². The standard InChI is InChI=1S/C5H9O2/c1-6-5-3-2-4-7-5/h2,5H,3-4H2,1H3. The fourth-order valence-corrected chi connectivity index (χ4v) is 0.612. The summed E-state index contributed by atoms with van der Waals surface area (Å²) >= 11 is 0. The molecule has 1 unspecified atom stereocenters. The van der Waals surface area contributed by atoms with Gasteiger partial charge in [0.15, 0.2) is 6.29 Å². The average Bonchev–Trinajstić information content (AvgIpc) is 2.14. The summed E-state index contributed by atoms with van der Waals surface area (Å²) in [5, 5.41) is 0. The predicted molar refractivity (Wildman–Crippen MR) is 25.7 cm³/mol. The first-order chi connectivity index (χ1) is 3.43. The molecule has 0 aromatic heterocycles. The molecule has 1 aliphatic rings. The second-order valence-electron chi connectivity index (χ2n) is 1.52. The molecule has 1 fully saturated rings. The Balaban J connectivity index is 2.14. The van der Waals surface area contributed by atoms with Crippen molar-refractivity contribution in [2.24, 2.45) is 0 Å². The Bertz CT molecular complexity index is 48.0. The summed E-state index contributed by atoms with van der Waals surface area (Å²) in [4.78, 5) is 0. The van der Waals surface area contributed by atoms with Crippen molar-refractivity contribution in [3.05, 3.63) is 6.42 Å². The van der Waals surface area contributed by atoms with Gasteiger partial charge in [0.25, 0.3) is 0 Å². The zero-order chi connectivity index (χ0) is 5.11. The highest BCUT2D eigenvalue weighted by molar-refractivity contribution is 4.72. The van der Waals surface area contributed by atoms with Crippen LogP contribution in [0.4, 0.5) is 0 Å². The summed E-state index contributed by atoms with van der Waals surface area (Å²) in [6, 6.07) is 0. The molecule has 1 atom stereocenters. The fourth-order valence-electron chi connectivity index (χ4n) is 0.612. The number of hydrogen-bond acceptors (Lipinski definition) is 2. The molecule has 0 bridgehead atoms. The van der Waals surface area contributed by atoms with Crippen molar-refractivity contribution >= 4 is 0 Å². The summed E-state index contributed by atoms with van der Waals surface area (Å²) in [6.45, 7) is 0.749. The van der Waals surface area contributed by atoms with E-state index in [2.05, 4.69) is 6.42 Å². The monoisotopic (exact) mass is 101 g/mol. The van der Waals surface area contributed by atoms with Crippen LogP contribution in [0.2, 0.25) is 0 Å². The maximum atomic E-state index is 5.02. The van der Waals surface area contributed by atoms with E-state index in [1.54, 1.807) is 7.11 Å². The lowest BCUT2D eigenvalue weighted by molar-refractivity contribution is -0.0879. The Morgan fingerprint density at radius 2 is 2.71 bits per heavy atom. The molecule has 1 aliphatic heterocycles. The fraction of sp³-hybridized carbons (Fsp3) is 0.800. The van der Waals surface area contributed by atoms with Gasteiger partial charge < -0.3 is 9.47 Å². The summed E-state index contributed by atoms with van der Waals surface area (Å²) < 4.78 is 9.88. The van der Waals surface area contributed by atoms with Crippen molar-refractivity contribution in [2.75, 3.05) is 13.7 Å². The van der Waals surface area contributed by atoms with Crippen LogP contribution < -0.4 is 0 Å². The first-order valence-electron chi connectivity index (χ1n) is 2.39. The molecular weight excluding hydrogens is 92.1 g/mol. The zero-order valence-corrected chi connectivity index (χ0v) is 4.39. The summed E-state index contributed by atoms with van der Waals surface area (Å²) in [7, 11) is 1.66. The lowest BCUT2D eigenvalue weighted by Crippen LogP contribution is -2.05. The van der Waals surface area contributed by atoms with E-state index in [1.807, 2.05) is 0 Å². The van der Waals surface area contributed by atoms with Crippen LogP contribution in [0.5, 0.6) is 0 Å². The average molecular weight is 101 g/mol. The predicted octanol–water partition coefficient (Wildman–Crippen LogP) is 0.583. The molecule has 0 aromatic carbocycles. The van der Waals surface area contributed by atoms with E-state index in [4.69, 9.17) is 9.47 Å². The minimum absolute atomic E-state index is 0.0417. The maximum absolute atomic E-state index is 5.02. The van der Waals surface area contributed by atoms with Gasteiger partial charge in [-0.15, -0.1) is 0 Å². The Kier molecular flexibility index (Phi) is 1.65. The van der Waals surface area contributed by atoms with Crippen LogP contribution in [-0.4, -0.2) is 20.0 Å². The summed E-state index contributed by atoms with van der Waals surface area (Å²) in [5.41, 5.74) is 0. The molecule has 1 heterocycles. The van der Waals surface area contributed by atoms with Crippen LogP contribution >= 0.6 is 0 Å². The quantitative estimate of drug-likeness (QED) is 0.481.